The van der Waals surface area contributed by atoms with Crippen LogP contribution in [0, 0.1) is 0 Å². The molecule has 1 fully saturated rings. The molecule has 2 heterocycles. The van der Waals surface area contributed by atoms with Gasteiger partial charge in [0.05, 0.1) is 6.61 Å². The molecule has 7 nitrogen and oxygen atoms in total. The number of thioether (sulfide) groups is 1. The number of nitrogens with two attached hydrogens (primary N) is 1. The van der Waals surface area contributed by atoms with E-state index in [1.165, 1.54) is 12.3 Å². The lowest BCUT2D eigenvalue weighted by Crippen LogP contribution is -2.31. The maximum atomic E-state index is 11.5. The van der Waals surface area contributed by atoms with Gasteiger partial charge in [0, 0.05) is 6.20 Å². The summed E-state index contributed by atoms with van der Waals surface area (Å²) in [6.07, 6.45) is 0.557. The molecule has 0 unspecified atom stereocenters. The number of aliphatic hydroxyl groups excluding tert-OH is 2. The highest BCUT2D eigenvalue weighted by molar-refractivity contribution is 8.00. The number of rotatable bonds is 2. The standard InChI is InChI=1S/C8H11N3O4S/c9-4-1-2-11(8(14)10-4)6-7(13)16-5(3-12)15-6/h1-2,5-7,12-13H,3H2,(H2,9,10,14)/t5-,6+,7+/m0/s1. The number of aromatic nitrogens is 2. The van der Waals surface area contributed by atoms with Gasteiger partial charge in [-0.05, 0) is 6.07 Å². The molecule has 1 aromatic rings. The zero-order valence-electron chi connectivity index (χ0n) is 8.18. The van der Waals surface area contributed by atoms with Crippen LogP contribution in [0.2, 0.25) is 0 Å². The lowest BCUT2D eigenvalue weighted by Gasteiger charge is -2.15. The first-order valence-corrected chi connectivity index (χ1v) is 5.50. The molecule has 1 aliphatic rings. The summed E-state index contributed by atoms with van der Waals surface area (Å²) >= 11 is 1.05. The number of nitrogen functional groups attached to an aromatic ring is 1. The van der Waals surface area contributed by atoms with Crippen LogP contribution < -0.4 is 11.4 Å². The van der Waals surface area contributed by atoms with Gasteiger partial charge in [-0.15, -0.1) is 0 Å². The predicted molar refractivity (Wildman–Crippen MR) is 57.5 cm³/mol. The van der Waals surface area contributed by atoms with Crippen molar-refractivity contribution in [3.8, 4) is 0 Å². The summed E-state index contributed by atoms with van der Waals surface area (Å²) in [7, 11) is 0. The van der Waals surface area contributed by atoms with Gasteiger partial charge in [0.2, 0.25) is 0 Å². The van der Waals surface area contributed by atoms with Crippen molar-refractivity contribution in [3.05, 3.63) is 22.7 Å². The normalized spacial score (nSPS) is 29.5. The number of hydrogen-bond acceptors (Lipinski definition) is 7. The van der Waals surface area contributed by atoms with Crippen LogP contribution in [0.15, 0.2) is 17.1 Å². The average Bonchev–Trinajstić information content (AvgIpc) is 2.60. The molecule has 1 aromatic heterocycles. The summed E-state index contributed by atoms with van der Waals surface area (Å²) in [6, 6.07) is 1.44. The van der Waals surface area contributed by atoms with Crippen LogP contribution in [0.1, 0.15) is 6.23 Å². The second-order valence-corrected chi connectivity index (χ2v) is 4.49. The highest BCUT2D eigenvalue weighted by Gasteiger charge is 2.36. The van der Waals surface area contributed by atoms with Gasteiger partial charge in [0.15, 0.2) is 6.23 Å². The van der Waals surface area contributed by atoms with Crippen molar-refractivity contribution in [2.75, 3.05) is 12.3 Å². The first-order chi connectivity index (χ1) is 7.61. The monoisotopic (exact) mass is 245 g/mol. The van der Waals surface area contributed by atoms with E-state index in [0.717, 1.165) is 16.3 Å². The van der Waals surface area contributed by atoms with E-state index < -0.39 is 22.8 Å². The van der Waals surface area contributed by atoms with E-state index in [4.69, 9.17) is 15.6 Å². The fourth-order valence-corrected chi connectivity index (χ4v) is 2.29. The first-order valence-electron chi connectivity index (χ1n) is 4.56. The van der Waals surface area contributed by atoms with Crippen molar-refractivity contribution < 1.29 is 14.9 Å². The van der Waals surface area contributed by atoms with Crippen molar-refractivity contribution in [2.24, 2.45) is 0 Å². The van der Waals surface area contributed by atoms with Crippen LogP contribution in [-0.4, -0.2) is 37.2 Å². The first kappa shape index (κ1) is 11.4. The van der Waals surface area contributed by atoms with Crippen LogP contribution in [-0.2, 0) is 4.74 Å². The lowest BCUT2D eigenvalue weighted by atomic mass is 10.5. The number of aliphatic hydroxyl groups is 2. The van der Waals surface area contributed by atoms with E-state index >= 15 is 0 Å². The Hall–Kier alpha value is -1.09. The SMILES string of the molecule is Nc1ccn([C@@H]2O[C@H](CO)S[C@H]2O)c(=O)n1. The molecule has 1 aliphatic heterocycles. The van der Waals surface area contributed by atoms with Crippen molar-refractivity contribution in [2.45, 2.75) is 17.1 Å². The van der Waals surface area contributed by atoms with E-state index in [0.29, 0.717) is 0 Å². The van der Waals surface area contributed by atoms with Gasteiger partial charge in [-0.2, -0.15) is 4.98 Å². The van der Waals surface area contributed by atoms with E-state index in [1.54, 1.807) is 0 Å². The van der Waals surface area contributed by atoms with E-state index in [1.807, 2.05) is 0 Å². The van der Waals surface area contributed by atoms with Gasteiger partial charge in [0.25, 0.3) is 0 Å². The van der Waals surface area contributed by atoms with E-state index in [-0.39, 0.29) is 12.4 Å². The maximum absolute atomic E-state index is 11.5. The molecule has 0 saturated carbocycles. The molecule has 0 aliphatic carbocycles. The topological polar surface area (TPSA) is 111 Å². The average molecular weight is 245 g/mol. The molecule has 8 heteroatoms. The predicted octanol–water partition coefficient (Wildman–Crippen LogP) is -1.28. The third-order valence-electron chi connectivity index (χ3n) is 2.10. The Bertz CT molecular complexity index is 438. The Balaban J connectivity index is 2.28. The fourth-order valence-electron chi connectivity index (χ4n) is 1.39. The summed E-state index contributed by atoms with van der Waals surface area (Å²) < 4.78 is 6.42. The minimum Gasteiger partial charge on any atom is -0.393 e. The van der Waals surface area contributed by atoms with Crippen molar-refractivity contribution in [3.63, 3.8) is 0 Å². The van der Waals surface area contributed by atoms with Crippen molar-refractivity contribution in [1.82, 2.24) is 9.55 Å². The minimum absolute atomic E-state index is 0.111. The molecule has 3 atom stereocenters. The second-order valence-electron chi connectivity index (χ2n) is 3.21. The molecular formula is C8H11N3O4S. The van der Waals surface area contributed by atoms with Gasteiger partial charge in [-0.3, -0.25) is 4.57 Å². The molecule has 0 amide bonds. The molecule has 4 N–H and O–H groups in total. The van der Waals surface area contributed by atoms with Gasteiger partial charge in [-0.25, -0.2) is 4.79 Å². The molecule has 0 spiro atoms. The zero-order chi connectivity index (χ0) is 11.7. The zero-order valence-corrected chi connectivity index (χ0v) is 9.00. The Morgan fingerprint density at radius 3 is 3.00 bits per heavy atom. The van der Waals surface area contributed by atoms with Crippen molar-refractivity contribution >= 4 is 17.6 Å². The molecule has 1 saturated heterocycles. The minimum atomic E-state index is -0.916. The Morgan fingerprint density at radius 1 is 1.69 bits per heavy atom. The smallest absolute Gasteiger partial charge is 0.351 e. The van der Waals surface area contributed by atoms with Crippen LogP contribution in [0.3, 0.4) is 0 Å². The number of nitrogens with zero attached hydrogens (tertiary/aromatic N) is 2. The third kappa shape index (κ3) is 2.05. The summed E-state index contributed by atoms with van der Waals surface area (Å²) in [5.74, 6) is 0.111. The van der Waals surface area contributed by atoms with Crippen LogP contribution in [0.25, 0.3) is 0 Å². The Morgan fingerprint density at radius 2 is 2.44 bits per heavy atom. The van der Waals surface area contributed by atoms with Crippen LogP contribution >= 0.6 is 11.8 Å². The Kier molecular flexibility index (Phi) is 3.15. The molecule has 0 aromatic carbocycles. The van der Waals surface area contributed by atoms with E-state index in [2.05, 4.69) is 4.98 Å². The van der Waals surface area contributed by atoms with Crippen LogP contribution in [0.5, 0.6) is 0 Å². The quantitative estimate of drug-likeness (QED) is 0.595. The molecule has 88 valence electrons. The maximum Gasteiger partial charge on any atom is 0.351 e. The van der Waals surface area contributed by atoms with Crippen LogP contribution in [0.4, 0.5) is 5.82 Å². The Labute approximate surface area is 94.9 Å². The number of anilines is 1. The lowest BCUT2D eigenvalue weighted by molar-refractivity contribution is -0.0524. The molecule has 0 bridgehead atoms. The fraction of sp³-hybridized carbons (Fsp3) is 0.500. The summed E-state index contributed by atoms with van der Waals surface area (Å²) in [5.41, 5.74) is 3.29. The third-order valence-corrected chi connectivity index (χ3v) is 3.18. The highest BCUT2D eigenvalue weighted by Crippen LogP contribution is 2.36. The summed E-state index contributed by atoms with van der Waals surface area (Å²) in [4.78, 5) is 15.0. The van der Waals surface area contributed by atoms with Gasteiger partial charge >= 0.3 is 5.69 Å². The molecule has 2 rings (SSSR count). The van der Waals surface area contributed by atoms with E-state index in [9.17, 15) is 9.90 Å². The number of ether oxygens (including phenoxy) is 1. The summed E-state index contributed by atoms with van der Waals surface area (Å²) in [6.45, 7) is -0.227. The molecule has 16 heavy (non-hydrogen) atoms. The van der Waals surface area contributed by atoms with Gasteiger partial charge in [-0.1, -0.05) is 11.8 Å². The highest BCUT2D eigenvalue weighted by atomic mass is 32.2. The number of hydrogen-bond donors (Lipinski definition) is 3. The van der Waals surface area contributed by atoms with Gasteiger partial charge < -0.3 is 20.7 Å². The summed E-state index contributed by atoms with van der Waals surface area (Å²) in [5, 5.41) is 18.5. The van der Waals surface area contributed by atoms with Crippen molar-refractivity contribution in [1.29, 1.82) is 0 Å². The molecular weight excluding hydrogens is 234 g/mol. The molecule has 0 radical (unpaired) electrons. The van der Waals surface area contributed by atoms with Gasteiger partial charge in [0.1, 0.15) is 16.7 Å². The second kappa shape index (κ2) is 4.42. The largest absolute Gasteiger partial charge is 0.393 e.